The van der Waals surface area contributed by atoms with Gasteiger partial charge in [0, 0.05) is 11.6 Å². The van der Waals surface area contributed by atoms with Gasteiger partial charge in [-0.3, -0.25) is 4.79 Å². The molecule has 1 unspecified atom stereocenters. The van der Waals surface area contributed by atoms with Crippen LogP contribution in [0, 0.1) is 11.8 Å². The molecule has 0 spiro atoms. The molecule has 0 heterocycles. The Labute approximate surface area is 94.3 Å². The van der Waals surface area contributed by atoms with Crippen molar-refractivity contribution >= 4 is 5.97 Å². The van der Waals surface area contributed by atoms with Crippen molar-refractivity contribution in [1.29, 1.82) is 0 Å². The van der Waals surface area contributed by atoms with Gasteiger partial charge in [0.1, 0.15) is 0 Å². The number of rotatable bonds is 3. The highest BCUT2D eigenvalue weighted by atomic mass is 16.4. The molecule has 0 saturated carbocycles. The van der Waals surface area contributed by atoms with Crippen LogP contribution >= 0.6 is 0 Å². The first kappa shape index (κ1) is 12.2. The van der Waals surface area contributed by atoms with E-state index in [4.69, 9.17) is 16.6 Å². The van der Waals surface area contributed by atoms with E-state index >= 15 is 0 Å². The van der Waals surface area contributed by atoms with Gasteiger partial charge in [0.15, 0.2) is 0 Å². The minimum absolute atomic E-state index is 0.0756. The van der Waals surface area contributed by atoms with Crippen molar-refractivity contribution in [3.63, 3.8) is 0 Å². The van der Waals surface area contributed by atoms with E-state index in [2.05, 4.69) is 11.8 Å². The SMILES string of the molecule is NCC#Cc1ccc(C(N)CC(=O)O)cc1. The number of aliphatic carboxylic acids is 1. The van der Waals surface area contributed by atoms with Crippen LogP contribution in [0.4, 0.5) is 0 Å². The summed E-state index contributed by atoms with van der Waals surface area (Å²) in [5.74, 6) is 4.71. The van der Waals surface area contributed by atoms with Gasteiger partial charge in [0.2, 0.25) is 0 Å². The molecule has 0 aromatic heterocycles. The van der Waals surface area contributed by atoms with Crippen LogP contribution in [0.3, 0.4) is 0 Å². The van der Waals surface area contributed by atoms with Crippen LogP contribution in [0.2, 0.25) is 0 Å². The molecule has 1 aromatic carbocycles. The number of nitrogens with two attached hydrogens (primary N) is 2. The molecule has 4 nitrogen and oxygen atoms in total. The average Bonchev–Trinajstić information content (AvgIpc) is 2.26. The molecular formula is C12H14N2O2. The molecule has 5 N–H and O–H groups in total. The van der Waals surface area contributed by atoms with E-state index in [9.17, 15) is 4.79 Å². The van der Waals surface area contributed by atoms with Gasteiger partial charge in [0.05, 0.1) is 13.0 Å². The van der Waals surface area contributed by atoms with Crippen molar-refractivity contribution in [3.8, 4) is 11.8 Å². The van der Waals surface area contributed by atoms with Crippen LogP contribution in [-0.2, 0) is 4.79 Å². The molecule has 0 aliphatic heterocycles. The summed E-state index contributed by atoms with van der Waals surface area (Å²) in [5, 5.41) is 8.60. The van der Waals surface area contributed by atoms with E-state index in [1.807, 2.05) is 0 Å². The predicted octanol–water partition coefficient (Wildman–Crippen LogP) is 0.471. The minimum atomic E-state index is -0.903. The lowest BCUT2D eigenvalue weighted by Crippen LogP contribution is -2.14. The van der Waals surface area contributed by atoms with Crippen molar-refractivity contribution in [2.75, 3.05) is 6.54 Å². The molecule has 0 amide bonds. The van der Waals surface area contributed by atoms with Gasteiger partial charge < -0.3 is 16.6 Å². The fraction of sp³-hybridized carbons (Fsp3) is 0.250. The number of carboxylic acids is 1. The summed E-state index contributed by atoms with van der Waals surface area (Å²) < 4.78 is 0. The van der Waals surface area contributed by atoms with E-state index in [0.29, 0.717) is 6.54 Å². The zero-order chi connectivity index (χ0) is 12.0. The number of hydrogen-bond acceptors (Lipinski definition) is 3. The van der Waals surface area contributed by atoms with Gasteiger partial charge in [0.25, 0.3) is 0 Å². The topological polar surface area (TPSA) is 89.3 Å². The van der Waals surface area contributed by atoms with Crippen molar-refractivity contribution < 1.29 is 9.90 Å². The molecule has 1 atom stereocenters. The van der Waals surface area contributed by atoms with Gasteiger partial charge in [-0.05, 0) is 17.7 Å². The Morgan fingerprint density at radius 3 is 2.50 bits per heavy atom. The van der Waals surface area contributed by atoms with E-state index < -0.39 is 12.0 Å². The smallest absolute Gasteiger partial charge is 0.305 e. The molecule has 0 fully saturated rings. The second kappa shape index (κ2) is 5.91. The molecular weight excluding hydrogens is 204 g/mol. The van der Waals surface area contributed by atoms with Crippen molar-refractivity contribution in [1.82, 2.24) is 0 Å². The van der Waals surface area contributed by atoms with E-state index in [0.717, 1.165) is 11.1 Å². The monoisotopic (exact) mass is 218 g/mol. The quantitative estimate of drug-likeness (QED) is 0.643. The molecule has 1 rings (SSSR count). The van der Waals surface area contributed by atoms with Gasteiger partial charge in [-0.15, -0.1) is 0 Å². The van der Waals surface area contributed by atoms with Crippen LogP contribution in [0.1, 0.15) is 23.6 Å². The second-order valence-electron chi connectivity index (χ2n) is 3.33. The van der Waals surface area contributed by atoms with Gasteiger partial charge >= 0.3 is 5.97 Å². The van der Waals surface area contributed by atoms with Gasteiger partial charge in [-0.1, -0.05) is 24.0 Å². The number of hydrogen-bond donors (Lipinski definition) is 3. The Bertz CT molecular complexity index is 415. The number of carboxylic acid groups (broad SMARTS) is 1. The summed E-state index contributed by atoms with van der Waals surface area (Å²) in [6, 6.07) is 6.70. The maximum absolute atomic E-state index is 10.5. The van der Waals surface area contributed by atoms with Crippen molar-refractivity contribution in [2.45, 2.75) is 12.5 Å². The third-order valence-corrected chi connectivity index (χ3v) is 2.07. The summed E-state index contributed by atoms with van der Waals surface area (Å²) in [5.41, 5.74) is 12.6. The van der Waals surface area contributed by atoms with Crippen LogP contribution in [0.25, 0.3) is 0 Å². The zero-order valence-corrected chi connectivity index (χ0v) is 8.81. The Kier molecular flexibility index (Phi) is 4.52. The molecule has 0 radical (unpaired) electrons. The van der Waals surface area contributed by atoms with Gasteiger partial charge in [-0.25, -0.2) is 0 Å². The molecule has 0 aliphatic rings. The largest absolute Gasteiger partial charge is 0.481 e. The zero-order valence-electron chi connectivity index (χ0n) is 8.81. The Morgan fingerprint density at radius 1 is 1.38 bits per heavy atom. The lowest BCUT2D eigenvalue weighted by molar-refractivity contribution is -0.137. The molecule has 0 saturated heterocycles. The first-order valence-electron chi connectivity index (χ1n) is 4.89. The molecule has 0 bridgehead atoms. The number of benzene rings is 1. The highest BCUT2D eigenvalue weighted by Gasteiger charge is 2.09. The van der Waals surface area contributed by atoms with E-state index in [1.165, 1.54) is 0 Å². The molecule has 16 heavy (non-hydrogen) atoms. The first-order valence-corrected chi connectivity index (χ1v) is 4.89. The third kappa shape index (κ3) is 3.73. The van der Waals surface area contributed by atoms with Crippen LogP contribution in [0.15, 0.2) is 24.3 Å². The maximum Gasteiger partial charge on any atom is 0.305 e. The maximum atomic E-state index is 10.5. The van der Waals surface area contributed by atoms with E-state index in [-0.39, 0.29) is 6.42 Å². The molecule has 4 heteroatoms. The molecule has 1 aromatic rings. The normalized spacial score (nSPS) is 11.4. The fourth-order valence-corrected chi connectivity index (χ4v) is 1.27. The minimum Gasteiger partial charge on any atom is -0.481 e. The summed E-state index contributed by atoms with van der Waals surface area (Å²) in [6.07, 6.45) is -0.0756. The Hall–Kier alpha value is -1.83. The summed E-state index contributed by atoms with van der Waals surface area (Å²) in [7, 11) is 0. The first-order chi connectivity index (χ1) is 7.63. The Balaban J connectivity index is 2.74. The standard InChI is InChI=1S/C12H14N2O2/c13-7-1-2-9-3-5-10(6-4-9)11(14)8-12(15)16/h3-6,11H,7-8,13-14H2,(H,15,16). The molecule has 0 aliphatic carbocycles. The predicted molar refractivity (Wildman–Crippen MR) is 61.6 cm³/mol. The third-order valence-electron chi connectivity index (χ3n) is 2.07. The highest BCUT2D eigenvalue weighted by Crippen LogP contribution is 2.14. The highest BCUT2D eigenvalue weighted by molar-refractivity contribution is 5.67. The van der Waals surface area contributed by atoms with Crippen LogP contribution < -0.4 is 11.5 Å². The fourth-order valence-electron chi connectivity index (χ4n) is 1.27. The summed E-state index contributed by atoms with van der Waals surface area (Å²) >= 11 is 0. The van der Waals surface area contributed by atoms with E-state index in [1.54, 1.807) is 24.3 Å². The van der Waals surface area contributed by atoms with Crippen molar-refractivity contribution in [2.24, 2.45) is 11.5 Å². The molecule has 84 valence electrons. The second-order valence-corrected chi connectivity index (χ2v) is 3.33. The lowest BCUT2D eigenvalue weighted by Gasteiger charge is -2.08. The van der Waals surface area contributed by atoms with Gasteiger partial charge in [-0.2, -0.15) is 0 Å². The van der Waals surface area contributed by atoms with Crippen LogP contribution in [-0.4, -0.2) is 17.6 Å². The average molecular weight is 218 g/mol. The number of carbonyl (C=O) groups is 1. The summed E-state index contributed by atoms with van der Waals surface area (Å²) in [4.78, 5) is 10.5. The van der Waals surface area contributed by atoms with Crippen LogP contribution in [0.5, 0.6) is 0 Å². The Morgan fingerprint density at radius 2 is 2.00 bits per heavy atom. The summed E-state index contributed by atoms with van der Waals surface area (Å²) in [6.45, 7) is 0.320. The van der Waals surface area contributed by atoms with Crippen molar-refractivity contribution in [3.05, 3.63) is 35.4 Å². The lowest BCUT2D eigenvalue weighted by atomic mass is 10.0.